The van der Waals surface area contributed by atoms with Crippen molar-refractivity contribution in [2.24, 2.45) is 10.8 Å². The fourth-order valence-corrected chi connectivity index (χ4v) is 8.07. The normalized spacial score (nSPS) is 10.8. The molecule has 0 amide bonds. The van der Waals surface area contributed by atoms with Gasteiger partial charge in [-0.25, -0.2) is 28.8 Å². The molecule has 21 heteroatoms. The summed E-state index contributed by atoms with van der Waals surface area (Å²) < 4.78 is 76.6. The number of benzene rings is 6. The van der Waals surface area contributed by atoms with Gasteiger partial charge in [0.2, 0.25) is 11.5 Å². The molecule has 0 aliphatic rings. The Bertz CT molecular complexity index is 2740. The highest BCUT2D eigenvalue weighted by Gasteiger charge is 2.37. The van der Waals surface area contributed by atoms with Gasteiger partial charge in [0, 0.05) is 5.56 Å². The highest BCUT2D eigenvalue weighted by molar-refractivity contribution is 5.93. The van der Waals surface area contributed by atoms with Crippen molar-refractivity contribution >= 4 is 35.8 Å². The molecule has 0 fully saturated rings. The summed E-state index contributed by atoms with van der Waals surface area (Å²) >= 11 is 0. The fraction of sp³-hybridized carbons (Fsp3) is 0.333. The lowest BCUT2D eigenvalue weighted by Crippen LogP contribution is -2.39. The minimum Gasteiger partial charge on any atom is -0.493 e. The van der Waals surface area contributed by atoms with Crippen LogP contribution in [0.5, 0.6) is 46.0 Å². The monoisotopic (exact) mass is 1160 g/mol. The maximum absolute atomic E-state index is 13.4. The maximum Gasteiger partial charge on any atom is 0.338 e. The summed E-state index contributed by atoms with van der Waals surface area (Å²) in [5.74, 6) is -1.85. The van der Waals surface area contributed by atoms with E-state index in [9.17, 15) is 33.9 Å². The van der Waals surface area contributed by atoms with Crippen molar-refractivity contribution in [3.05, 3.63) is 166 Å². The number of ether oxygens (including phenoxy) is 14. The molecule has 0 atom stereocenters. The molecule has 0 bridgehead atoms. The van der Waals surface area contributed by atoms with Gasteiger partial charge in [0.25, 0.3) is 0 Å². The zero-order valence-electron chi connectivity index (χ0n) is 48.6. The summed E-state index contributed by atoms with van der Waals surface area (Å²) in [6.45, 7) is 1.90. The molecule has 0 spiro atoms. The minimum absolute atomic E-state index is 0.0607. The van der Waals surface area contributed by atoms with Crippen molar-refractivity contribution in [1.82, 2.24) is 0 Å². The van der Waals surface area contributed by atoms with Crippen LogP contribution in [-0.2, 0) is 35.0 Å². The molecule has 84 heavy (non-hydrogen) atoms. The van der Waals surface area contributed by atoms with E-state index in [1.54, 1.807) is 97.9 Å². The van der Waals surface area contributed by atoms with Gasteiger partial charge in [0.1, 0.15) is 39.6 Å². The topological polar surface area (TPSA) is 252 Å². The van der Waals surface area contributed by atoms with Crippen molar-refractivity contribution in [3.8, 4) is 46.0 Å². The first-order valence-corrected chi connectivity index (χ1v) is 26.2. The molecule has 21 nitrogen and oxygen atoms in total. The summed E-state index contributed by atoms with van der Waals surface area (Å²) in [6, 6.07) is 34.3. The van der Waals surface area contributed by atoms with Crippen molar-refractivity contribution < 1.29 is 100 Å². The maximum atomic E-state index is 13.4. The molecule has 0 unspecified atom stereocenters. The Balaban J connectivity index is 0.000000336. The zero-order chi connectivity index (χ0) is 61.2. The van der Waals surface area contributed by atoms with Crippen LogP contribution in [0.4, 0.5) is 0 Å². The number of methoxy groups -OCH3 is 8. The summed E-state index contributed by atoms with van der Waals surface area (Å²) in [5, 5.41) is 9.87. The van der Waals surface area contributed by atoms with Crippen LogP contribution in [0.3, 0.4) is 0 Å². The molecule has 0 saturated carbocycles. The van der Waals surface area contributed by atoms with Crippen LogP contribution < -0.4 is 37.9 Å². The predicted octanol–water partition coefficient (Wildman–Crippen LogP) is 9.47. The minimum atomic E-state index is -1.24. The third kappa shape index (κ3) is 17.3. The molecule has 6 rings (SSSR count). The summed E-state index contributed by atoms with van der Waals surface area (Å²) in [5.41, 5.74) is -0.391. The van der Waals surface area contributed by atoms with Gasteiger partial charge < -0.3 is 71.4 Å². The Labute approximate surface area is 487 Å². The van der Waals surface area contributed by atoms with E-state index in [-0.39, 0.29) is 109 Å². The largest absolute Gasteiger partial charge is 0.493 e. The predicted molar refractivity (Wildman–Crippen MR) is 304 cm³/mol. The van der Waals surface area contributed by atoms with E-state index in [0.29, 0.717) is 28.7 Å². The van der Waals surface area contributed by atoms with E-state index in [1.807, 2.05) is 6.92 Å². The average molecular weight is 1160 g/mol. The molecular formula is C63H70O21. The lowest BCUT2D eigenvalue weighted by molar-refractivity contribution is -0.0394. The molecule has 0 saturated heterocycles. The van der Waals surface area contributed by atoms with Crippen LogP contribution in [0.15, 0.2) is 127 Å². The molecule has 0 aliphatic heterocycles. The molecule has 6 aromatic rings. The summed E-state index contributed by atoms with van der Waals surface area (Å²) in [7, 11) is 11.3. The first kappa shape index (κ1) is 65.3. The third-order valence-corrected chi connectivity index (χ3v) is 13.3. The van der Waals surface area contributed by atoms with Gasteiger partial charge in [-0.15, -0.1) is 0 Å². The smallest absolute Gasteiger partial charge is 0.338 e. The van der Waals surface area contributed by atoms with Crippen molar-refractivity contribution in [3.63, 3.8) is 0 Å². The Morgan fingerprint density at radius 1 is 0.321 bits per heavy atom. The van der Waals surface area contributed by atoms with Crippen LogP contribution >= 0.6 is 0 Å². The van der Waals surface area contributed by atoms with Gasteiger partial charge in [-0.05, 0) is 85.6 Å². The van der Waals surface area contributed by atoms with Gasteiger partial charge in [-0.3, -0.25) is 0 Å². The van der Waals surface area contributed by atoms with E-state index in [2.05, 4.69) is 0 Å². The van der Waals surface area contributed by atoms with Crippen LogP contribution in [0.25, 0.3) is 0 Å². The molecule has 0 aromatic heterocycles. The van der Waals surface area contributed by atoms with E-state index in [1.165, 1.54) is 93.3 Å². The van der Waals surface area contributed by atoms with E-state index >= 15 is 0 Å². The van der Waals surface area contributed by atoms with Gasteiger partial charge in [0.15, 0.2) is 34.5 Å². The average Bonchev–Trinajstić information content (AvgIpc) is 3.75. The van der Waals surface area contributed by atoms with E-state index < -0.39 is 53.3 Å². The standard InChI is InChI=1S/C36H44O15.C27H26O6/c1-10-36(18-49-33(38)21-11-24(17-37)30(46-7)25(12-21)41-2,19-50-34(39)22-13-26(42-3)31(47-8)27(14-22)43-4)20-51-35(40)23-15-28(44-5)32(48-9)29(16-23)45-6;1-2-27(18-31-24(28)21-12-6-3-7-13-21,19-32-25(29)22-14-8-4-9-15-22)20-33-26(30)23-16-10-5-11-17-23/h11-16,37H,10,17-20H2,1-9H3;3-17H,2,18-20H2,1H3. The number of hydrogen-bond acceptors (Lipinski definition) is 21. The Morgan fingerprint density at radius 2 is 0.548 bits per heavy atom. The molecule has 6 aromatic carbocycles. The summed E-state index contributed by atoms with van der Waals surface area (Å²) in [4.78, 5) is 77.6. The fourth-order valence-electron chi connectivity index (χ4n) is 8.07. The number of aliphatic hydroxyl groups is 1. The highest BCUT2D eigenvalue weighted by Crippen LogP contribution is 2.40. The lowest BCUT2D eigenvalue weighted by atomic mass is 9.87. The Morgan fingerprint density at radius 3 is 0.762 bits per heavy atom. The molecule has 448 valence electrons. The van der Waals surface area contributed by atoms with Crippen LogP contribution in [0, 0.1) is 10.8 Å². The first-order valence-electron chi connectivity index (χ1n) is 26.2. The van der Waals surface area contributed by atoms with Crippen molar-refractivity contribution in [2.75, 3.05) is 96.5 Å². The molecule has 0 heterocycles. The highest BCUT2D eigenvalue weighted by atomic mass is 16.6. The van der Waals surface area contributed by atoms with Gasteiger partial charge >= 0.3 is 35.8 Å². The van der Waals surface area contributed by atoms with Crippen molar-refractivity contribution in [1.29, 1.82) is 0 Å². The second-order valence-corrected chi connectivity index (χ2v) is 18.6. The number of carbonyl (C=O) groups is 6. The number of esters is 6. The van der Waals surface area contributed by atoms with Crippen LogP contribution in [-0.4, -0.2) is 137 Å². The number of carbonyl (C=O) groups excluding carboxylic acids is 6. The van der Waals surface area contributed by atoms with Crippen molar-refractivity contribution in [2.45, 2.75) is 33.3 Å². The zero-order valence-corrected chi connectivity index (χ0v) is 48.6. The molecule has 0 radical (unpaired) electrons. The molecule has 0 aliphatic carbocycles. The number of hydrogen-bond donors (Lipinski definition) is 1. The second-order valence-electron chi connectivity index (χ2n) is 18.6. The Hall–Kier alpha value is -9.50. The van der Waals surface area contributed by atoms with Crippen LogP contribution in [0.1, 0.15) is 94.4 Å². The SMILES string of the molecule is CCC(COC(=O)c1cc(CO)c(OC)c(OC)c1)(COC(=O)c1cc(OC)c(OC)c(OC)c1)COC(=O)c1cc(OC)c(OC)c(OC)c1.CCC(COC(=O)c1ccccc1)(COC(=O)c1ccccc1)COC(=O)c1ccccc1. The summed E-state index contributed by atoms with van der Waals surface area (Å²) in [6.07, 6.45) is 0.665. The van der Waals surface area contributed by atoms with Gasteiger partial charge in [-0.1, -0.05) is 68.4 Å². The number of rotatable bonds is 29. The van der Waals surface area contributed by atoms with Gasteiger partial charge in [-0.2, -0.15) is 0 Å². The number of aliphatic hydroxyl groups excluding tert-OH is 1. The first-order chi connectivity index (χ1) is 40.5. The lowest BCUT2D eigenvalue weighted by Gasteiger charge is -2.31. The quantitative estimate of drug-likeness (QED) is 0.0339. The molecular weight excluding hydrogens is 1090 g/mol. The third-order valence-electron chi connectivity index (χ3n) is 13.3. The van der Waals surface area contributed by atoms with Crippen LogP contribution in [0.2, 0.25) is 0 Å². The molecule has 1 N–H and O–H groups in total. The Kier molecular flexibility index (Phi) is 25.1. The van der Waals surface area contributed by atoms with E-state index in [4.69, 9.17) is 66.3 Å². The van der Waals surface area contributed by atoms with Gasteiger partial charge in [0.05, 0.1) is 108 Å². The second kappa shape index (κ2) is 32.2. The van der Waals surface area contributed by atoms with E-state index in [0.717, 1.165) is 0 Å².